The zero-order valence-electron chi connectivity index (χ0n) is 17.4. The first-order valence-corrected chi connectivity index (χ1v) is 12.7. The SMILES string of the molecule is [2H]C(C)(Cc1cccc(C)n1)c1cc(-c2ccccc2)ncc1[Si](C)(C)C. The minimum absolute atomic E-state index is 0.588. The van der Waals surface area contributed by atoms with Crippen LogP contribution in [0.4, 0.5) is 0 Å². The molecule has 0 radical (unpaired) electrons. The lowest BCUT2D eigenvalue weighted by atomic mass is 9.95. The molecule has 0 saturated carbocycles. The molecule has 26 heavy (non-hydrogen) atoms. The standard InChI is InChI=1S/C23H28N2Si/c1-17(14-20-13-9-10-18(2)25-20)21-15-22(19-11-7-6-8-12-19)24-16-23(21)26(3,4)5/h6-13,15-17H,14H2,1-5H3/i17D. The second-order valence-corrected chi connectivity index (χ2v) is 13.0. The molecule has 3 heteroatoms. The monoisotopic (exact) mass is 361 g/mol. The number of aromatic nitrogens is 2. The molecule has 2 heterocycles. The van der Waals surface area contributed by atoms with Crippen molar-refractivity contribution in [1.82, 2.24) is 9.97 Å². The molecule has 0 spiro atoms. The predicted molar refractivity (Wildman–Crippen MR) is 114 cm³/mol. The summed E-state index contributed by atoms with van der Waals surface area (Å²) in [5.41, 5.74) is 5.06. The van der Waals surface area contributed by atoms with E-state index in [1.54, 1.807) is 0 Å². The third-order valence-corrected chi connectivity index (χ3v) is 6.65. The molecule has 0 aliphatic carbocycles. The third kappa shape index (κ3) is 4.28. The Bertz CT molecular complexity index is 931. The molecule has 134 valence electrons. The highest BCUT2D eigenvalue weighted by atomic mass is 28.3. The minimum Gasteiger partial charge on any atom is -0.258 e. The molecule has 0 aliphatic rings. The van der Waals surface area contributed by atoms with Crippen molar-refractivity contribution in [3.8, 4) is 11.3 Å². The number of hydrogen-bond acceptors (Lipinski definition) is 2. The molecule has 3 rings (SSSR count). The van der Waals surface area contributed by atoms with Gasteiger partial charge in [-0.1, -0.05) is 63.0 Å². The summed E-state index contributed by atoms with van der Waals surface area (Å²) in [6, 6.07) is 18.4. The number of nitrogens with zero attached hydrogens (tertiary/aromatic N) is 2. The van der Waals surface area contributed by atoms with Crippen molar-refractivity contribution in [3.63, 3.8) is 0 Å². The molecule has 0 amide bonds. The van der Waals surface area contributed by atoms with Crippen molar-refractivity contribution in [2.45, 2.75) is 45.8 Å². The van der Waals surface area contributed by atoms with Crippen molar-refractivity contribution in [2.24, 2.45) is 0 Å². The van der Waals surface area contributed by atoms with Gasteiger partial charge in [-0.05, 0) is 48.2 Å². The lowest BCUT2D eigenvalue weighted by Crippen LogP contribution is -2.41. The normalized spacial score (nSPS) is 14.6. The van der Waals surface area contributed by atoms with E-state index in [2.05, 4.69) is 42.8 Å². The van der Waals surface area contributed by atoms with E-state index in [4.69, 9.17) is 4.98 Å². The summed E-state index contributed by atoms with van der Waals surface area (Å²) >= 11 is 0. The fraction of sp³-hybridized carbons (Fsp3) is 0.304. The summed E-state index contributed by atoms with van der Waals surface area (Å²) in [5, 5.41) is 1.26. The van der Waals surface area contributed by atoms with E-state index >= 15 is 0 Å². The predicted octanol–water partition coefficient (Wildman–Crippen LogP) is 5.34. The van der Waals surface area contributed by atoms with Gasteiger partial charge in [0, 0.05) is 24.5 Å². The molecule has 0 fully saturated rings. The van der Waals surface area contributed by atoms with Gasteiger partial charge in [0.05, 0.1) is 13.8 Å². The van der Waals surface area contributed by atoms with Crippen LogP contribution in [0.15, 0.2) is 60.8 Å². The summed E-state index contributed by atoms with van der Waals surface area (Å²) < 4.78 is 9.21. The van der Waals surface area contributed by atoms with Crippen LogP contribution in [-0.2, 0) is 6.42 Å². The Kier molecular flexibility index (Phi) is 4.98. The van der Waals surface area contributed by atoms with Crippen molar-refractivity contribution in [3.05, 3.63) is 77.7 Å². The van der Waals surface area contributed by atoms with E-state index in [0.29, 0.717) is 6.42 Å². The van der Waals surface area contributed by atoms with Crippen LogP contribution in [0, 0.1) is 6.92 Å². The maximum atomic E-state index is 9.21. The molecular weight excluding hydrogens is 332 g/mol. The van der Waals surface area contributed by atoms with Crippen molar-refractivity contribution < 1.29 is 1.37 Å². The van der Waals surface area contributed by atoms with E-state index in [-0.39, 0.29) is 0 Å². The first kappa shape index (κ1) is 17.2. The van der Waals surface area contributed by atoms with Gasteiger partial charge in [-0.25, -0.2) is 0 Å². The second-order valence-electron chi connectivity index (χ2n) is 7.96. The quantitative estimate of drug-likeness (QED) is 0.573. The van der Waals surface area contributed by atoms with Crippen LogP contribution in [-0.4, -0.2) is 18.0 Å². The van der Waals surface area contributed by atoms with Crippen molar-refractivity contribution in [2.75, 3.05) is 0 Å². The van der Waals surface area contributed by atoms with Crippen molar-refractivity contribution in [1.29, 1.82) is 0 Å². The molecule has 1 unspecified atom stereocenters. The Labute approximate surface area is 159 Å². The van der Waals surface area contributed by atoms with Crippen LogP contribution < -0.4 is 5.19 Å². The molecule has 0 aliphatic heterocycles. The summed E-state index contributed by atoms with van der Waals surface area (Å²) in [6.07, 6.45) is 2.60. The van der Waals surface area contributed by atoms with Crippen LogP contribution in [0.25, 0.3) is 11.3 Å². The topological polar surface area (TPSA) is 25.8 Å². The minimum atomic E-state index is -1.64. The van der Waals surface area contributed by atoms with Gasteiger partial charge >= 0.3 is 0 Å². The summed E-state index contributed by atoms with van der Waals surface area (Å²) in [4.78, 5) is 9.38. The molecule has 2 nitrogen and oxygen atoms in total. The van der Waals surface area contributed by atoms with E-state index in [1.807, 2.05) is 56.4 Å². The van der Waals surface area contributed by atoms with Gasteiger partial charge in [0.2, 0.25) is 0 Å². The molecule has 0 N–H and O–H groups in total. The lowest BCUT2D eigenvalue weighted by Gasteiger charge is -2.25. The van der Waals surface area contributed by atoms with Crippen molar-refractivity contribution >= 4 is 13.3 Å². The molecule has 1 aromatic carbocycles. The van der Waals surface area contributed by atoms with Gasteiger partial charge in [0.1, 0.15) is 0 Å². The molecule has 0 saturated heterocycles. The number of benzene rings is 1. The van der Waals surface area contributed by atoms with Gasteiger partial charge in [0.25, 0.3) is 0 Å². The summed E-state index contributed by atoms with van der Waals surface area (Å²) in [7, 11) is -1.64. The largest absolute Gasteiger partial charge is 0.258 e. The Morgan fingerprint density at radius 3 is 2.42 bits per heavy atom. The highest BCUT2D eigenvalue weighted by Gasteiger charge is 2.24. The fourth-order valence-electron chi connectivity index (χ4n) is 3.24. The molecule has 1 atom stereocenters. The van der Waals surface area contributed by atoms with E-state index in [9.17, 15) is 1.37 Å². The van der Waals surface area contributed by atoms with Gasteiger partial charge in [-0.2, -0.15) is 0 Å². The maximum Gasteiger partial charge on any atom is 0.0799 e. The first-order chi connectivity index (χ1) is 12.7. The molecule has 2 aromatic heterocycles. The molecule has 3 aromatic rings. The van der Waals surface area contributed by atoms with E-state index in [0.717, 1.165) is 28.2 Å². The summed E-state index contributed by atoms with van der Waals surface area (Å²) in [6.45, 7) is 11.0. The summed E-state index contributed by atoms with van der Waals surface area (Å²) in [5.74, 6) is -0.761. The van der Waals surface area contributed by atoms with Crippen LogP contribution >= 0.6 is 0 Å². The van der Waals surface area contributed by atoms with Gasteiger partial charge in [0.15, 0.2) is 0 Å². The highest BCUT2D eigenvalue weighted by Crippen LogP contribution is 2.25. The smallest absolute Gasteiger partial charge is 0.0799 e. The first-order valence-electron chi connectivity index (χ1n) is 9.66. The molecular formula is C23H28N2Si. The Hall–Kier alpha value is -2.26. The number of rotatable bonds is 5. The Balaban J connectivity index is 2.10. The fourth-order valence-corrected chi connectivity index (χ4v) is 4.78. The average molecular weight is 362 g/mol. The zero-order valence-corrected chi connectivity index (χ0v) is 17.4. The van der Waals surface area contributed by atoms with E-state index in [1.165, 1.54) is 5.19 Å². The molecule has 0 bridgehead atoms. The van der Waals surface area contributed by atoms with Crippen LogP contribution in [0.1, 0.15) is 31.1 Å². The van der Waals surface area contributed by atoms with Gasteiger partial charge in [-0.3, -0.25) is 9.97 Å². The number of aryl methyl sites for hydroxylation is 1. The van der Waals surface area contributed by atoms with Crippen LogP contribution in [0.3, 0.4) is 0 Å². The maximum absolute atomic E-state index is 9.21. The number of pyridine rings is 2. The van der Waals surface area contributed by atoms with Crippen LogP contribution in [0.2, 0.25) is 19.6 Å². The average Bonchev–Trinajstić information content (AvgIpc) is 2.61. The lowest BCUT2D eigenvalue weighted by molar-refractivity contribution is 0.741. The Morgan fingerprint density at radius 2 is 1.77 bits per heavy atom. The highest BCUT2D eigenvalue weighted by molar-refractivity contribution is 6.89. The van der Waals surface area contributed by atoms with Gasteiger partial charge in [-0.15, -0.1) is 0 Å². The van der Waals surface area contributed by atoms with E-state index < -0.39 is 14.0 Å². The second kappa shape index (κ2) is 7.54. The third-order valence-electron chi connectivity index (χ3n) is 4.63. The van der Waals surface area contributed by atoms with Gasteiger partial charge < -0.3 is 0 Å². The zero-order chi connectivity index (χ0) is 19.7. The van der Waals surface area contributed by atoms with Crippen LogP contribution in [0.5, 0.6) is 0 Å². The number of hydrogen-bond donors (Lipinski definition) is 0. The Morgan fingerprint density at radius 1 is 1.04 bits per heavy atom.